The number of imidazole rings is 1. The van der Waals surface area contributed by atoms with E-state index in [2.05, 4.69) is 33.2 Å². The topological polar surface area (TPSA) is 43.6 Å². The Morgan fingerprint density at radius 2 is 1.89 bits per heavy atom. The average molecular weight is 238 g/mol. The van der Waals surface area contributed by atoms with E-state index in [1.165, 1.54) is 0 Å². The van der Waals surface area contributed by atoms with Crippen LogP contribution in [0.15, 0.2) is 30.6 Å². The molecule has 0 aliphatic carbocycles. The maximum atomic E-state index is 4.47. The first-order valence-electron chi connectivity index (χ1n) is 5.87. The van der Waals surface area contributed by atoms with Crippen LogP contribution in [-0.4, -0.2) is 19.5 Å². The fraction of sp³-hybridized carbons (Fsp3) is 0.214. The van der Waals surface area contributed by atoms with Gasteiger partial charge in [0.05, 0.1) is 23.1 Å². The van der Waals surface area contributed by atoms with Crippen molar-refractivity contribution in [3.05, 3.63) is 42.1 Å². The molecule has 90 valence electrons. The molecule has 0 fully saturated rings. The Kier molecular flexibility index (Phi) is 2.37. The van der Waals surface area contributed by atoms with Crippen LogP contribution in [-0.2, 0) is 7.05 Å². The second-order valence-electron chi connectivity index (χ2n) is 4.50. The zero-order valence-electron chi connectivity index (χ0n) is 10.7. The van der Waals surface area contributed by atoms with Crippen LogP contribution in [0.4, 0.5) is 0 Å². The van der Waals surface area contributed by atoms with E-state index in [4.69, 9.17) is 0 Å². The standard InChI is InChI=1S/C14H14N4/c1-9-6-12(17-10(2)16-9)11-4-5-14-13(7-11)15-8-18(14)3/h4-8H,1-3H3. The van der Waals surface area contributed by atoms with Crippen molar-refractivity contribution in [1.82, 2.24) is 19.5 Å². The van der Waals surface area contributed by atoms with E-state index in [1.807, 2.05) is 37.9 Å². The first-order valence-corrected chi connectivity index (χ1v) is 5.87. The van der Waals surface area contributed by atoms with E-state index < -0.39 is 0 Å². The SMILES string of the molecule is Cc1cc(-c2ccc3c(c2)ncn3C)nc(C)n1. The predicted octanol–water partition coefficient (Wildman–Crippen LogP) is 2.65. The van der Waals surface area contributed by atoms with E-state index in [0.29, 0.717) is 0 Å². The van der Waals surface area contributed by atoms with Gasteiger partial charge in [-0.25, -0.2) is 15.0 Å². The van der Waals surface area contributed by atoms with Crippen LogP contribution in [0.5, 0.6) is 0 Å². The van der Waals surface area contributed by atoms with Gasteiger partial charge in [0.25, 0.3) is 0 Å². The van der Waals surface area contributed by atoms with Crippen LogP contribution in [0.25, 0.3) is 22.3 Å². The van der Waals surface area contributed by atoms with Gasteiger partial charge in [0.2, 0.25) is 0 Å². The molecular weight excluding hydrogens is 224 g/mol. The van der Waals surface area contributed by atoms with Crippen LogP contribution < -0.4 is 0 Å². The molecule has 2 aromatic heterocycles. The Morgan fingerprint density at radius 3 is 2.67 bits per heavy atom. The second-order valence-corrected chi connectivity index (χ2v) is 4.50. The predicted molar refractivity (Wildman–Crippen MR) is 71.2 cm³/mol. The molecule has 4 heteroatoms. The zero-order chi connectivity index (χ0) is 12.7. The van der Waals surface area contributed by atoms with Crippen molar-refractivity contribution in [2.24, 2.45) is 7.05 Å². The van der Waals surface area contributed by atoms with Crippen LogP contribution in [0.3, 0.4) is 0 Å². The summed E-state index contributed by atoms with van der Waals surface area (Å²) in [5.41, 5.74) is 5.13. The first-order chi connectivity index (χ1) is 8.63. The Hall–Kier alpha value is -2.23. The van der Waals surface area contributed by atoms with Crippen molar-refractivity contribution in [2.75, 3.05) is 0 Å². The van der Waals surface area contributed by atoms with Gasteiger partial charge >= 0.3 is 0 Å². The lowest BCUT2D eigenvalue weighted by atomic mass is 10.1. The summed E-state index contributed by atoms with van der Waals surface area (Å²) in [7, 11) is 1.99. The van der Waals surface area contributed by atoms with Gasteiger partial charge in [-0.05, 0) is 32.0 Å². The molecule has 0 radical (unpaired) electrons. The highest BCUT2D eigenvalue weighted by molar-refractivity contribution is 5.81. The molecule has 0 saturated heterocycles. The molecule has 2 heterocycles. The van der Waals surface area contributed by atoms with Crippen LogP contribution in [0.2, 0.25) is 0 Å². The minimum Gasteiger partial charge on any atom is -0.334 e. The summed E-state index contributed by atoms with van der Waals surface area (Å²) in [4.78, 5) is 13.1. The largest absolute Gasteiger partial charge is 0.334 e. The third kappa shape index (κ3) is 1.76. The van der Waals surface area contributed by atoms with Crippen LogP contribution in [0, 0.1) is 13.8 Å². The van der Waals surface area contributed by atoms with Gasteiger partial charge in [0.15, 0.2) is 0 Å². The molecule has 0 spiro atoms. The summed E-state index contributed by atoms with van der Waals surface area (Å²) in [5, 5.41) is 0. The fourth-order valence-corrected chi connectivity index (χ4v) is 2.16. The minimum atomic E-state index is 0.797. The third-order valence-corrected chi connectivity index (χ3v) is 2.99. The Bertz CT molecular complexity index is 707. The van der Waals surface area contributed by atoms with Gasteiger partial charge in [-0.2, -0.15) is 0 Å². The Labute approximate surface area is 105 Å². The van der Waals surface area contributed by atoms with Gasteiger partial charge in [-0.3, -0.25) is 0 Å². The highest BCUT2D eigenvalue weighted by Gasteiger charge is 2.05. The molecule has 4 nitrogen and oxygen atoms in total. The van der Waals surface area contributed by atoms with Crippen LogP contribution >= 0.6 is 0 Å². The molecule has 0 N–H and O–H groups in total. The van der Waals surface area contributed by atoms with Crippen molar-refractivity contribution in [1.29, 1.82) is 0 Å². The maximum Gasteiger partial charge on any atom is 0.126 e. The molecule has 0 atom stereocenters. The third-order valence-electron chi connectivity index (χ3n) is 2.99. The molecule has 18 heavy (non-hydrogen) atoms. The van der Waals surface area contributed by atoms with Gasteiger partial charge in [0, 0.05) is 18.3 Å². The van der Waals surface area contributed by atoms with Crippen molar-refractivity contribution >= 4 is 11.0 Å². The normalized spacial score (nSPS) is 11.1. The molecule has 3 rings (SSSR count). The van der Waals surface area contributed by atoms with Gasteiger partial charge < -0.3 is 4.57 Å². The lowest BCUT2D eigenvalue weighted by molar-refractivity contribution is 0.947. The molecule has 0 aliphatic rings. The van der Waals surface area contributed by atoms with Gasteiger partial charge in [-0.15, -0.1) is 0 Å². The molecular formula is C14H14N4. The van der Waals surface area contributed by atoms with Crippen LogP contribution in [0.1, 0.15) is 11.5 Å². The summed E-state index contributed by atoms with van der Waals surface area (Å²) < 4.78 is 2.01. The summed E-state index contributed by atoms with van der Waals surface area (Å²) in [6.45, 7) is 3.90. The van der Waals surface area contributed by atoms with Gasteiger partial charge in [-0.1, -0.05) is 6.07 Å². The number of rotatable bonds is 1. The summed E-state index contributed by atoms with van der Waals surface area (Å²) in [6.07, 6.45) is 1.82. The number of aromatic nitrogens is 4. The lowest BCUT2D eigenvalue weighted by Crippen LogP contribution is -1.93. The number of nitrogens with zero attached hydrogens (tertiary/aromatic N) is 4. The molecule has 0 bridgehead atoms. The number of benzene rings is 1. The van der Waals surface area contributed by atoms with E-state index in [0.717, 1.165) is 33.8 Å². The summed E-state index contributed by atoms with van der Waals surface area (Å²) >= 11 is 0. The molecule has 1 aromatic carbocycles. The molecule has 0 unspecified atom stereocenters. The highest BCUT2D eigenvalue weighted by atomic mass is 15.0. The van der Waals surface area contributed by atoms with Gasteiger partial charge in [0.1, 0.15) is 5.82 Å². The second kappa shape index (κ2) is 3.91. The van der Waals surface area contributed by atoms with E-state index in [9.17, 15) is 0 Å². The van der Waals surface area contributed by atoms with Crippen molar-refractivity contribution in [2.45, 2.75) is 13.8 Å². The fourth-order valence-electron chi connectivity index (χ4n) is 2.16. The Balaban J connectivity index is 2.18. The molecule has 0 amide bonds. The van der Waals surface area contributed by atoms with E-state index in [-0.39, 0.29) is 0 Å². The van der Waals surface area contributed by atoms with Crippen molar-refractivity contribution in [3.8, 4) is 11.3 Å². The Morgan fingerprint density at radius 1 is 1.06 bits per heavy atom. The molecule has 0 aliphatic heterocycles. The number of aryl methyl sites for hydroxylation is 3. The quantitative estimate of drug-likeness (QED) is 0.654. The number of fused-ring (bicyclic) bond motifs is 1. The zero-order valence-corrected chi connectivity index (χ0v) is 10.7. The lowest BCUT2D eigenvalue weighted by Gasteiger charge is -2.04. The number of hydrogen-bond acceptors (Lipinski definition) is 3. The van der Waals surface area contributed by atoms with E-state index >= 15 is 0 Å². The molecule has 0 saturated carbocycles. The number of hydrogen-bond donors (Lipinski definition) is 0. The average Bonchev–Trinajstić information content (AvgIpc) is 2.69. The van der Waals surface area contributed by atoms with Crippen molar-refractivity contribution in [3.63, 3.8) is 0 Å². The summed E-state index contributed by atoms with van der Waals surface area (Å²) in [5.74, 6) is 0.797. The first kappa shape index (κ1) is 10.9. The summed E-state index contributed by atoms with van der Waals surface area (Å²) in [6, 6.07) is 8.21. The maximum absolute atomic E-state index is 4.47. The smallest absolute Gasteiger partial charge is 0.126 e. The van der Waals surface area contributed by atoms with Crippen molar-refractivity contribution < 1.29 is 0 Å². The minimum absolute atomic E-state index is 0.797. The van der Waals surface area contributed by atoms with E-state index in [1.54, 1.807) is 0 Å². The monoisotopic (exact) mass is 238 g/mol. The highest BCUT2D eigenvalue weighted by Crippen LogP contribution is 2.22. The molecule has 3 aromatic rings.